The van der Waals surface area contributed by atoms with E-state index < -0.39 is 0 Å². The first-order chi connectivity index (χ1) is 8.06. The fourth-order valence-corrected chi connectivity index (χ4v) is 1.43. The van der Waals surface area contributed by atoms with Gasteiger partial charge in [0.05, 0.1) is 12.6 Å². The topological polar surface area (TPSA) is 40.5 Å². The van der Waals surface area contributed by atoms with Crippen molar-refractivity contribution in [3.8, 4) is 0 Å². The standard InChI is InChI=1S/C13H16ClNO2/c1-10(9-16)15(2)13(17)8-7-11-5-3-4-6-12(11)14/h3-8,10,16H,9H2,1-2H3/b8-7+. The molecular formula is C13H16ClNO2. The molecule has 0 fully saturated rings. The third-order valence-corrected chi connectivity index (χ3v) is 2.93. The van der Waals surface area contributed by atoms with Crippen LogP contribution in [0.2, 0.25) is 5.02 Å². The van der Waals surface area contributed by atoms with Crippen molar-refractivity contribution in [3.05, 3.63) is 40.9 Å². The molecule has 0 bridgehead atoms. The van der Waals surface area contributed by atoms with Gasteiger partial charge in [-0.1, -0.05) is 29.8 Å². The average Bonchev–Trinajstić information content (AvgIpc) is 2.35. The Bertz CT molecular complexity index is 418. The number of aliphatic hydroxyl groups excluding tert-OH is 1. The molecule has 0 aliphatic carbocycles. The van der Waals surface area contributed by atoms with Crippen LogP contribution in [0.25, 0.3) is 6.08 Å². The zero-order valence-corrected chi connectivity index (χ0v) is 10.7. The van der Waals surface area contributed by atoms with Crippen molar-refractivity contribution in [2.75, 3.05) is 13.7 Å². The van der Waals surface area contributed by atoms with Gasteiger partial charge < -0.3 is 10.0 Å². The van der Waals surface area contributed by atoms with Gasteiger partial charge in [0.2, 0.25) is 5.91 Å². The van der Waals surface area contributed by atoms with E-state index in [2.05, 4.69) is 0 Å². The maximum Gasteiger partial charge on any atom is 0.246 e. The second-order valence-corrected chi connectivity index (χ2v) is 4.24. The second kappa shape index (κ2) is 6.42. The highest BCUT2D eigenvalue weighted by Gasteiger charge is 2.11. The summed E-state index contributed by atoms with van der Waals surface area (Å²) in [4.78, 5) is 13.2. The molecule has 0 saturated carbocycles. The Hall–Kier alpha value is -1.32. The highest BCUT2D eigenvalue weighted by atomic mass is 35.5. The minimum absolute atomic E-state index is 0.0534. The highest BCUT2D eigenvalue weighted by molar-refractivity contribution is 6.32. The summed E-state index contributed by atoms with van der Waals surface area (Å²) in [6.45, 7) is 1.73. The minimum Gasteiger partial charge on any atom is -0.394 e. The minimum atomic E-state index is -0.196. The van der Waals surface area contributed by atoms with E-state index >= 15 is 0 Å². The highest BCUT2D eigenvalue weighted by Crippen LogP contribution is 2.16. The molecule has 1 unspecified atom stereocenters. The summed E-state index contributed by atoms with van der Waals surface area (Å²) in [5.41, 5.74) is 0.799. The molecule has 4 heteroatoms. The van der Waals surface area contributed by atoms with Crippen LogP contribution in [0.1, 0.15) is 12.5 Å². The number of carbonyl (C=O) groups is 1. The number of aliphatic hydroxyl groups is 1. The molecule has 92 valence electrons. The lowest BCUT2D eigenvalue weighted by molar-refractivity contribution is -0.127. The summed E-state index contributed by atoms with van der Waals surface area (Å²) in [5.74, 6) is -0.161. The predicted octanol–water partition coefficient (Wildman–Crippen LogP) is 2.19. The molecule has 1 atom stereocenters. The van der Waals surface area contributed by atoms with Crippen molar-refractivity contribution < 1.29 is 9.90 Å². The molecule has 1 aromatic carbocycles. The largest absolute Gasteiger partial charge is 0.394 e. The van der Waals surface area contributed by atoms with Crippen LogP contribution in [0.4, 0.5) is 0 Å². The SMILES string of the molecule is CC(CO)N(C)C(=O)/C=C/c1ccccc1Cl. The van der Waals surface area contributed by atoms with E-state index in [0.717, 1.165) is 5.56 Å². The fourth-order valence-electron chi connectivity index (χ4n) is 1.23. The molecule has 0 radical (unpaired) electrons. The quantitative estimate of drug-likeness (QED) is 0.836. The van der Waals surface area contributed by atoms with E-state index in [0.29, 0.717) is 5.02 Å². The van der Waals surface area contributed by atoms with Gasteiger partial charge in [0.25, 0.3) is 0 Å². The normalized spacial score (nSPS) is 12.7. The van der Waals surface area contributed by atoms with Gasteiger partial charge >= 0.3 is 0 Å². The molecule has 0 saturated heterocycles. The van der Waals surface area contributed by atoms with Crippen LogP contribution < -0.4 is 0 Å². The van der Waals surface area contributed by atoms with Crippen LogP contribution in [0.3, 0.4) is 0 Å². The van der Waals surface area contributed by atoms with Gasteiger partial charge in [-0.25, -0.2) is 0 Å². The monoisotopic (exact) mass is 253 g/mol. The smallest absolute Gasteiger partial charge is 0.246 e. The lowest BCUT2D eigenvalue weighted by Crippen LogP contribution is -2.36. The summed E-state index contributed by atoms with van der Waals surface area (Å²) in [7, 11) is 1.65. The van der Waals surface area contributed by atoms with Gasteiger partial charge in [0, 0.05) is 18.1 Å². The summed E-state index contributed by atoms with van der Waals surface area (Å²) in [6.07, 6.45) is 3.12. The van der Waals surface area contributed by atoms with Crippen LogP contribution in [0.15, 0.2) is 30.3 Å². The van der Waals surface area contributed by atoms with Gasteiger partial charge in [-0.05, 0) is 24.6 Å². The number of benzene rings is 1. The van der Waals surface area contributed by atoms with E-state index in [1.54, 1.807) is 26.1 Å². The van der Waals surface area contributed by atoms with E-state index in [4.69, 9.17) is 16.7 Å². The zero-order valence-electron chi connectivity index (χ0n) is 9.93. The van der Waals surface area contributed by atoms with Crippen molar-refractivity contribution in [1.82, 2.24) is 4.90 Å². The molecule has 0 spiro atoms. The van der Waals surface area contributed by atoms with E-state index in [1.165, 1.54) is 11.0 Å². The number of carbonyl (C=O) groups excluding carboxylic acids is 1. The summed E-state index contributed by atoms with van der Waals surface area (Å²) >= 11 is 5.96. The van der Waals surface area contributed by atoms with Crippen LogP contribution in [0, 0.1) is 0 Å². The van der Waals surface area contributed by atoms with Crippen molar-refractivity contribution in [3.63, 3.8) is 0 Å². The van der Waals surface area contributed by atoms with Crippen molar-refractivity contribution in [2.45, 2.75) is 13.0 Å². The molecule has 0 heterocycles. The fraction of sp³-hybridized carbons (Fsp3) is 0.308. The molecule has 1 N–H and O–H groups in total. The first-order valence-corrected chi connectivity index (χ1v) is 5.74. The number of amides is 1. The molecular weight excluding hydrogens is 238 g/mol. The lowest BCUT2D eigenvalue weighted by atomic mass is 10.2. The number of rotatable bonds is 4. The van der Waals surface area contributed by atoms with Gasteiger partial charge in [0.15, 0.2) is 0 Å². The van der Waals surface area contributed by atoms with Crippen LogP contribution in [-0.2, 0) is 4.79 Å². The third-order valence-electron chi connectivity index (χ3n) is 2.58. The van der Waals surface area contributed by atoms with E-state index in [1.807, 2.05) is 18.2 Å². The molecule has 1 amide bonds. The number of hydrogen-bond acceptors (Lipinski definition) is 2. The predicted molar refractivity (Wildman–Crippen MR) is 69.8 cm³/mol. The Kier molecular flexibility index (Phi) is 5.19. The average molecular weight is 254 g/mol. The zero-order chi connectivity index (χ0) is 12.8. The Labute approximate surface area is 106 Å². The van der Waals surface area contributed by atoms with Gasteiger partial charge in [0.1, 0.15) is 0 Å². The molecule has 0 aliphatic rings. The number of halogens is 1. The van der Waals surface area contributed by atoms with E-state index in [-0.39, 0.29) is 18.6 Å². The Morgan fingerprint density at radius 3 is 2.76 bits per heavy atom. The van der Waals surface area contributed by atoms with Crippen LogP contribution >= 0.6 is 11.6 Å². The first-order valence-electron chi connectivity index (χ1n) is 5.36. The Morgan fingerprint density at radius 1 is 1.53 bits per heavy atom. The van der Waals surface area contributed by atoms with Gasteiger partial charge in [-0.3, -0.25) is 4.79 Å². The van der Waals surface area contributed by atoms with Crippen LogP contribution in [0.5, 0.6) is 0 Å². The summed E-state index contributed by atoms with van der Waals surface area (Å²) in [5, 5.41) is 9.55. The molecule has 0 aromatic heterocycles. The third kappa shape index (κ3) is 3.88. The maximum absolute atomic E-state index is 11.7. The molecule has 17 heavy (non-hydrogen) atoms. The Morgan fingerprint density at radius 2 is 2.18 bits per heavy atom. The van der Waals surface area contributed by atoms with E-state index in [9.17, 15) is 4.79 Å². The summed E-state index contributed by atoms with van der Waals surface area (Å²) < 4.78 is 0. The first kappa shape index (κ1) is 13.7. The molecule has 3 nitrogen and oxygen atoms in total. The number of likely N-dealkylation sites (N-methyl/N-ethyl adjacent to an activating group) is 1. The number of hydrogen-bond donors (Lipinski definition) is 1. The van der Waals surface area contributed by atoms with Gasteiger partial charge in [-0.15, -0.1) is 0 Å². The Balaban J connectivity index is 2.72. The molecule has 0 aliphatic heterocycles. The van der Waals surface area contributed by atoms with Crippen molar-refractivity contribution in [2.24, 2.45) is 0 Å². The van der Waals surface area contributed by atoms with Crippen molar-refractivity contribution >= 4 is 23.6 Å². The molecule has 1 rings (SSSR count). The molecule has 1 aromatic rings. The number of nitrogens with zero attached hydrogens (tertiary/aromatic N) is 1. The summed E-state index contributed by atoms with van der Waals surface area (Å²) in [6, 6.07) is 7.10. The van der Waals surface area contributed by atoms with Crippen LogP contribution in [-0.4, -0.2) is 35.6 Å². The second-order valence-electron chi connectivity index (χ2n) is 3.84. The maximum atomic E-state index is 11.7. The lowest BCUT2D eigenvalue weighted by Gasteiger charge is -2.21. The van der Waals surface area contributed by atoms with Gasteiger partial charge in [-0.2, -0.15) is 0 Å². The van der Waals surface area contributed by atoms with Crippen molar-refractivity contribution in [1.29, 1.82) is 0 Å².